The summed E-state index contributed by atoms with van der Waals surface area (Å²) < 4.78 is 5.33. The molecule has 1 saturated carbocycles. The highest BCUT2D eigenvalue weighted by Gasteiger charge is 2.44. The van der Waals surface area contributed by atoms with Crippen LogP contribution in [0.3, 0.4) is 0 Å². The van der Waals surface area contributed by atoms with Crippen molar-refractivity contribution in [1.29, 1.82) is 0 Å². The normalized spacial score (nSPS) is 24.6. The summed E-state index contributed by atoms with van der Waals surface area (Å²) in [5, 5.41) is 12.8. The van der Waals surface area contributed by atoms with Crippen LogP contribution in [0.15, 0.2) is 59.0 Å². The Bertz CT molecular complexity index is 1290. The molecule has 1 aliphatic heterocycles. The highest BCUT2D eigenvalue weighted by molar-refractivity contribution is 6.00. The van der Waals surface area contributed by atoms with Gasteiger partial charge in [0.25, 0.3) is 0 Å². The van der Waals surface area contributed by atoms with Gasteiger partial charge in [0.2, 0.25) is 17.6 Å². The number of carbonyl (C=O) groups excluding carboxylic acids is 2. The molecule has 37 heavy (non-hydrogen) atoms. The quantitative estimate of drug-likeness (QED) is 0.451. The molecule has 8 heteroatoms. The summed E-state index contributed by atoms with van der Waals surface area (Å²) in [6.07, 6.45) is 4.18. The lowest BCUT2D eigenvalue weighted by Crippen LogP contribution is -2.48. The first-order chi connectivity index (χ1) is 17.8. The number of fused-ring (bicyclic) bond motifs is 1. The lowest BCUT2D eigenvalue weighted by Gasteiger charge is -2.34. The molecule has 2 heterocycles. The van der Waals surface area contributed by atoms with Crippen molar-refractivity contribution in [3.63, 3.8) is 0 Å². The largest absolute Gasteiger partial charge is 0.475 e. The van der Waals surface area contributed by atoms with E-state index in [0.29, 0.717) is 35.5 Å². The van der Waals surface area contributed by atoms with Crippen molar-refractivity contribution < 1.29 is 23.9 Å². The summed E-state index contributed by atoms with van der Waals surface area (Å²) in [4.78, 5) is 40.5. The molecule has 1 aromatic heterocycles. The summed E-state index contributed by atoms with van der Waals surface area (Å²) in [6.45, 7) is 2.56. The number of benzene rings is 2. The van der Waals surface area contributed by atoms with Gasteiger partial charge in [0.1, 0.15) is 11.6 Å². The second kappa shape index (κ2) is 10.4. The first kappa shape index (κ1) is 25.0. The Labute approximate surface area is 215 Å². The Morgan fingerprint density at radius 3 is 2.43 bits per heavy atom. The summed E-state index contributed by atoms with van der Waals surface area (Å²) in [6, 6.07) is 15.8. The van der Waals surface area contributed by atoms with Gasteiger partial charge in [-0.15, -0.1) is 0 Å². The molecule has 194 valence electrons. The number of nitrogens with two attached hydrogens (primary N) is 1. The molecule has 0 spiro atoms. The summed E-state index contributed by atoms with van der Waals surface area (Å²) in [5.74, 6) is -1.25. The third-order valence-electron chi connectivity index (χ3n) is 8.04. The van der Waals surface area contributed by atoms with Gasteiger partial charge in [-0.2, -0.15) is 0 Å². The molecule has 0 radical (unpaired) electrons. The van der Waals surface area contributed by atoms with Crippen molar-refractivity contribution in [3.05, 3.63) is 65.9 Å². The zero-order chi connectivity index (χ0) is 26.1. The highest BCUT2D eigenvalue weighted by atomic mass is 16.4. The monoisotopic (exact) mass is 503 g/mol. The summed E-state index contributed by atoms with van der Waals surface area (Å²) >= 11 is 0. The molecule has 8 nitrogen and oxygen atoms in total. The van der Waals surface area contributed by atoms with Crippen LogP contribution in [0.25, 0.3) is 11.0 Å². The third-order valence-corrected chi connectivity index (χ3v) is 8.04. The smallest absolute Gasteiger partial charge is 0.371 e. The molecule has 4 N–H and O–H groups in total. The molecule has 3 aromatic rings. The number of furan rings is 1. The first-order valence-electron chi connectivity index (χ1n) is 13.0. The lowest BCUT2D eigenvalue weighted by molar-refractivity contribution is -0.141. The van der Waals surface area contributed by atoms with Gasteiger partial charge in [-0.25, -0.2) is 4.79 Å². The Morgan fingerprint density at radius 1 is 1.03 bits per heavy atom. The van der Waals surface area contributed by atoms with Crippen LogP contribution in [-0.2, 0) is 9.59 Å². The van der Waals surface area contributed by atoms with Crippen molar-refractivity contribution >= 4 is 34.4 Å². The first-order valence-corrected chi connectivity index (χ1v) is 13.0. The Kier molecular flexibility index (Phi) is 7.02. The average molecular weight is 504 g/mol. The van der Waals surface area contributed by atoms with E-state index in [2.05, 4.69) is 5.32 Å². The number of nitrogens with one attached hydrogen (secondary N) is 1. The average Bonchev–Trinajstić information content (AvgIpc) is 3.53. The predicted octanol–water partition coefficient (Wildman–Crippen LogP) is 4.61. The number of amides is 2. The van der Waals surface area contributed by atoms with Gasteiger partial charge in [0, 0.05) is 35.5 Å². The van der Waals surface area contributed by atoms with Gasteiger partial charge in [0.05, 0.1) is 0 Å². The van der Waals surface area contributed by atoms with Gasteiger partial charge < -0.3 is 25.5 Å². The fraction of sp³-hybridized carbons (Fsp3) is 0.414. The molecule has 2 aliphatic rings. The van der Waals surface area contributed by atoms with E-state index in [1.807, 2.05) is 37.3 Å². The second-order valence-electron chi connectivity index (χ2n) is 10.4. The Balaban J connectivity index is 1.38. The minimum absolute atomic E-state index is 0.0538. The van der Waals surface area contributed by atoms with Crippen LogP contribution in [0, 0.1) is 11.8 Å². The van der Waals surface area contributed by atoms with Crippen molar-refractivity contribution in [3.8, 4) is 0 Å². The van der Waals surface area contributed by atoms with E-state index in [4.69, 9.17) is 10.2 Å². The summed E-state index contributed by atoms with van der Waals surface area (Å²) in [5.41, 5.74) is 8.09. The lowest BCUT2D eigenvalue weighted by atomic mass is 9.78. The van der Waals surface area contributed by atoms with Crippen LogP contribution >= 0.6 is 0 Å². The molecular formula is C29H33N3O5. The van der Waals surface area contributed by atoms with Crippen LogP contribution in [-0.4, -0.2) is 46.4 Å². The Hall–Kier alpha value is -3.65. The molecule has 2 aromatic carbocycles. The zero-order valence-electron chi connectivity index (χ0n) is 20.9. The second-order valence-corrected chi connectivity index (χ2v) is 10.4. The van der Waals surface area contributed by atoms with E-state index in [1.54, 1.807) is 23.1 Å². The molecule has 3 atom stereocenters. The molecular weight excluding hydrogens is 470 g/mol. The van der Waals surface area contributed by atoms with Gasteiger partial charge in [-0.05, 0) is 74.8 Å². The molecule has 2 fully saturated rings. The number of rotatable bonds is 6. The Morgan fingerprint density at radius 2 is 1.76 bits per heavy atom. The van der Waals surface area contributed by atoms with Crippen molar-refractivity contribution in [2.75, 3.05) is 11.9 Å². The molecule has 2 amide bonds. The maximum atomic E-state index is 13.7. The molecule has 1 aliphatic carbocycles. The van der Waals surface area contributed by atoms with Gasteiger partial charge in [-0.3, -0.25) is 9.59 Å². The van der Waals surface area contributed by atoms with E-state index in [0.717, 1.165) is 31.2 Å². The fourth-order valence-corrected chi connectivity index (χ4v) is 5.98. The number of hydrogen-bond donors (Lipinski definition) is 3. The van der Waals surface area contributed by atoms with Gasteiger partial charge in [-0.1, -0.05) is 30.3 Å². The summed E-state index contributed by atoms with van der Waals surface area (Å²) in [7, 11) is 0. The highest BCUT2D eigenvalue weighted by Crippen LogP contribution is 2.38. The van der Waals surface area contributed by atoms with E-state index < -0.39 is 12.0 Å². The number of anilines is 1. The molecule has 1 unspecified atom stereocenters. The van der Waals surface area contributed by atoms with Crippen LogP contribution in [0.4, 0.5) is 5.69 Å². The van der Waals surface area contributed by atoms with Crippen LogP contribution in [0.5, 0.6) is 0 Å². The maximum absolute atomic E-state index is 13.7. The van der Waals surface area contributed by atoms with Crippen molar-refractivity contribution in [1.82, 2.24) is 4.90 Å². The standard InChI is InChI=1S/C29H33N3O5/c1-17(30)18-7-9-20(10-8-18)28(34)32-14-13-23(19-5-3-2-4-6-19)26(32)27(33)31-22-11-12-24-21(15-22)16-25(37-24)29(35)36/h2-6,11-12,15-18,20,23,26H,7-10,13-14,30H2,1H3,(H,31,33)(H,35,36)/t17?,18?,20?,23-,26+/m1/s1. The fourth-order valence-electron chi connectivity index (χ4n) is 5.98. The number of carbonyl (C=O) groups is 3. The van der Waals surface area contributed by atoms with E-state index in [-0.39, 0.29) is 35.5 Å². The minimum Gasteiger partial charge on any atom is -0.475 e. The van der Waals surface area contributed by atoms with Crippen LogP contribution in [0.2, 0.25) is 0 Å². The number of likely N-dealkylation sites (tertiary alicyclic amines) is 1. The topological polar surface area (TPSA) is 126 Å². The molecule has 0 bridgehead atoms. The number of aromatic carboxylic acids is 1. The van der Waals surface area contributed by atoms with Crippen LogP contribution in [0.1, 0.15) is 61.1 Å². The van der Waals surface area contributed by atoms with Gasteiger partial charge >= 0.3 is 5.97 Å². The maximum Gasteiger partial charge on any atom is 0.371 e. The number of carboxylic acid groups (broad SMARTS) is 1. The molecule has 1 saturated heterocycles. The van der Waals surface area contributed by atoms with Crippen molar-refractivity contribution in [2.45, 2.75) is 57.0 Å². The number of hydrogen-bond acceptors (Lipinski definition) is 5. The molecule has 5 rings (SSSR count). The van der Waals surface area contributed by atoms with Crippen LogP contribution < -0.4 is 11.1 Å². The number of carboxylic acids is 1. The van der Waals surface area contributed by atoms with Gasteiger partial charge in [0.15, 0.2) is 0 Å². The van der Waals surface area contributed by atoms with E-state index >= 15 is 0 Å². The van der Waals surface area contributed by atoms with E-state index in [1.165, 1.54) is 6.07 Å². The minimum atomic E-state index is -1.15. The third kappa shape index (κ3) is 5.11. The predicted molar refractivity (Wildman–Crippen MR) is 140 cm³/mol. The number of nitrogens with zero attached hydrogens (tertiary/aromatic N) is 1. The SMILES string of the molecule is CC(N)C1CCC(C(=O)N2CC[C@H](c3ccccc3)[C@H]2C(=O)Nc2ccc3oc(C(=O)O)cc3c2)CC1. The zero-order valence-corrected chi connectivity index (χ0v) is 20.9. The van der Waals surface area contributed by atoms with E-state index in [9.17, 15) is 19.5 Å². The van der Waals surface area contributed by atoms with Crippen molar-refractivity contribution in [2.24, 2.45) is 17.6 Å².